The number of hydrogen-bond donors (Lipinski definition) is 3. The molecule has 0 atom stereocenters. The van der Waals surface area contributed by atoms with Crippen molar-refractivity contribution >= 4 is 0 Å². The van der Waals surface area contributed by atoms with Crippen LogP contribution in [0.15, 0.2) is 0 Å². The maximum atomic E-state index is 8.89. The summed E-state index contributed by atoms with van der Waals surface area (Å²) in [6.45, 7) is 2.80. The fraction of sp³-hybridized carbons (Fsp3) is 1.00. The molecule has 0 aliphatic carbocycles. The first-order valence-electron chi connectivity index (χ1n) is 4.46. The fourth-order valence-corrected chi connectivity index (χ4v) is 1.84. The zero-order chi connectivity index (χ0) is 8.86. The van der Waals surface area contributed by atoms with Crippen LogP contribution in [0.4, 0.5) is 0 Å². The summed E-state index contributed by atoms with van der Waals surface area (Å²) in [7, 11) is 0. The fourth-order valence-electron chi connectivity index (χ4n) is 1.84. The van der Waals surface area contributed by atoms with Crippen LogP contribution in [-0.2, 0) is 4.84 Å². The summed E-state index contributed by atoms with van der Waals surface area (Å²) in [5.41, 5.74) is 0.120. The van der Waals surface area contributed by atoms with Crippen LogP contribution < -0.4 is 11.2 Å². The highest BCUT2D eigenvalue weighted by molar-refractivity contribution is 4.84. The topological polar surface area (TPSA) is 67.5 Å². The van der Waals surface area contributed by atoms with Gasteiger partial charge in [-0.2, -0.15) is 0 Å². The van der Waals surface area contributed by atoms with Gasteiger partial charge in [0.25, 0.3) is 0 Å². The van der Waals surface area contributed by atoms with Crippen molar-refractivity contribution in [1.82, 2.24) is 5.32 Å². The van der Waals surface area contributed by atoms with E-state index in [0.29, 0.717) is 6.61 Å². The third-order valence-corrected chi connectivity index (χ3v) is 2.70. The van der Waals surface area contributed by atoms with E-state index in [0.717, 1.165) is 32.4 Å². The lowest BCUT2D eigenvalue weighted by atomic mass is 9.77. The summed E-state index contributed by atoms with van der Waals surface area (Å²) < 4.78 is 0. The molecular weight excluding hydrogens is 156 g/mol. The summed E-state index contributed by atoms with van der Waals surface area (Å²) in [6.07, 6.45) is 2.89. The van der Waals surface area contributed by atoms with E-state index in [2.05, 4.69) is 5.32 Å². The Kier molecular flexibility index (Phi) is 3.94. The number of aliphatic hydroxyl groups excluding tert-OH is 1. The first kappa shape index (κ1) is 9.92. The predicted molar refractivity (Wildman–Crippen MR) is 46.4 cm³/mol. The maximum absolute atomic E-state index is 8.89. The van der Waals surface area contributed by atoms with Gasteiger partial charge in [-0.05, 0) is 32.4 Å². The number of rotatable bonds is 4. The minimum Gasteiger partial charge on any atom is -0.396 e. The van der Waals surface area contributed by atoms with Gasteiger partial charge in [0.15, 0.2) is 0 Å². The SMILES string of the molecule is NOCC1(CCO)CCNCC1. The average molecular weight is 174 g/mol. The normalized spacial score (nSPS) is 22.5. The van der Waals surface area contributed by atoms with Crippen molar-refractivity contribution in [3.63, 3.8) is 0 Å². The van der Waals surface area contributed by atoms with Crippen molar-refractivity contribution in [3.8, 4) is 0 Å². The highest BCUT2D eigenvalue weighted by Gasteiger charge is 2.31. The van der Waals surface area contributed by atoms with Crippen LogP contribution in [0, 0.1) is 5.41 Å². The van der Waals surface area contributed by atoms with E-state index >= 15 is 0 Å². The van der Waals surface area contributed by atoms with E-state index in [1.165, 1.54) is 0 Å². The maximum Gasteiger partial charge on any atom is 0.0737 e. The Balaban J connectivity index is 2.44. The molecule has 0 amide bonds. The van der Waals surface area contributed by atoms with E-state index in [1.54, 1.807) is 0 Å². The van der Waals surface area contributed by atoms with E-state index in [9.17, 15) is 0 Å². The Morgan fingerprint density at radius 2 is 2.08 bits per heavy atom. The van der Waals surface area contributed by atoms with Gasteiger partial charge < -0.3 is 15.3 Å². The molecule has 1 aliphatic heterocycles. The second kappa shape index (κ2) is 4.77. The molecule has 0 saturated carbocycles. The third-order valence-electron chi connectivity index (χ3n) is 2.70. The first-order chi connectivity index (χ1) is 5.83. The number of hydrogen-bond acceptors (Lipinski definition) is 4. The van der Waals surface area contributed by atoms with E-state index < -0.39 is 0 Å². The molecule has 4 heteroatoms. The van der Waals surface area contributed by atoms with Crippen LogP contribution in [0.2, 0.25) is 0 Å². The molecule has 0 radical (unpaired) electrons. The van der Waals surface area contributed by atoms with Gasteiger partial charge in [0.05, 0.1) is 6.61 Å². The van der Waals surface area contributed by atoms with Crippen LogP contribution in [0.3, 0.4) is 0 Å². The van der Waals surface area contributed by atoms with Gasteiger partial charge in [0, 0.05) is 12.0 Å². The monoisotopic (exact) mass is 174 g/mol. The first-order valence-corrected chi connectivity index (χ1v) is 4.46. The highest BCUT2D eigenvalue weighted by Crippen LogP contribution is 2.32. The minimum absolute atomic E-state index is 0.120. The molecule has 1 saturated heterocycles. The molecule has 1 fully saturated rings. The molecular formula is C8H18N2O2. The molecule has 0 aromatic rings. The molecule has 1 aliphatic rings. The molecule has 4 nitrogen and oxygen atoms in total. The van der Waals surface area contributed by atoms with Gasteiger partial charge in [0.1, 0.15) is 0 Å². The van der Waals surface area contributed by atoms with Crippen molar-refractivity contribution in [3.05, 3.63) is 0 Å². The summed E-state index contributed by atoms with van der Waals surface area (Å²) >= 11 is 0. The van der Waals surface area contributed by atoms with Gasteiger partial charge in [-0.1, -0.05) is 0 Å². The number of nitrogens with one attached hydrogen (secondary N) is 1. The van der Waals surface area contributed by atoms with Gasteiger partial charge in [-0.3, -0.25) is 0 Å². The Morgan fingerprint density at radius 1 is 1.42 bits per heavy atom. The van der Waals surface area contributed by atoms with Crippen molar-refractivity contribution in [2.75, 3.05) is 26.3 Å². The van der Waals surface area contributed by atoms with Crippen LogP contribution in [-0.4, -0.2) is 31.4 Å². The molecule has 1 heterocycles. The molecule has 0 aromatic heterocycles. The smallest absolute Gasteiger partial charge is 0.0737 e. The van der Waals surface area contributed by atoms with Gasteiger partial charge in [-0.25, -0.2) is 5.90 Å². The zero-order valence-electron chi connectivity index (χ0n) is 7.38. The number of aliphatic hydroxyl groups is 1. The lowest BCUT2D eigenvalue weighted by Crippen LogP contribution is -2.41. The van der Waals surface area contributed by atoms with Crippen LogP contribution in [0.25, 0.3) is 0 Å². The molecule has 0 spiro atoms. The van der Waals surface area contributed by atoms with Crippen molar-refractivity contribution in [2.24, 2.45) is 11.3 Å². The summed E-state index contributed by atoms with van der Waals surface area (Å²) in [6, 6.07) is 0. The predicted octanol–water partition coefficient (Wildman–Crippen LogP) is -0.371. The Hall–Kier alpha value is -0.160. The lowest BCUT2D eigenvalue weighted by molar-refractivity contribution is 0.00809. The standard InChI is InChI=1S/C8H18N2O2/c9-12-7-8(3-6-11)1-4-10-5-2-8/h10-11H,1-7,9H2. The third kappa shape index (κ3) is 2.42. The Bertz CT molecular complexity index is 109. The molecule has 72 valence electrons. The second-order valence-corrected chi connectivity index (χ2v) is 3.53. The second-order valence-electron chi connectivity index (χ2n) is 3.53. The molecule has 4 N–H and O–H groups in total. The van der Waals surface area contributed by atoms with Gasteiger partial charge in [-0.15, -0.1) is 0 Å². The minimum atomic E-state index is 0.120. The molecule has 0 unspecified atom stereocenters. The van der Waals surface area contributed by atoms with Crippen LogP contribution in [0.5, 0.6) is 0 Å². The summed E-state index contributed by atoms with van der Waals surface area (Å²) in [5, 5.41) is 12.2. The number of nitrogens with two attached hydrogens (primary N) is 1. The van der Waals surface area contributed by atoms with E-state index in [4.69, 9.17) is 15.8 Å². The van der Waals surface area contributed by atoms with Gasteiger partial charge in [0.2, 0.25) is 0 Å². The lowest BCUT2D eigenvalue weighted by Gasteiger charge is -2.36. The summed E-state index contributed by atoms with van der Waals surface area (Å²) in [5.74, 6) is 5.07. The largest absolute Gasteiger partial charge is 0.396 e. The van der Waals surface area contributed by atoms with Gasteiger partial charge >= 0.3 is 0 Å². The van der Waals surface area contributed by atoms with Crippen molar-refractivity contribution < 1.29 is 9.94 Å². The zero-order valence-corrected chi connectivity index (χ0v) is 7.38. The molecule has 0 bridgehead atoms. The average Bonchev–Trinajstić information content (AvgIpc) is 2.07. The highest BCUT2D eigenvalue weighted by atomic mass is 16.6. The van der Waals surface area contributed by atoms with E-state index in [-0.39, 0.29) is 12.0 Å². The molecule has 0 aromatic carbocycles. The number of piperidine rings is 1. The Morgan fingerprint density at radius 3 is 2.58 bits per heavy atom. The van der Waals surface area contributed by atoms with E-state index in [1.807, 2.05) is 0 Å². The van der Waals surface area contributed by atoms with Crippen LogP contribution in [0.1, 0.15) is 19.3 Å². The molecule has 1 rings (SSSR count). The van der Waals surface area contributed by atoms with Crippen molar-refractivity contribution in [2.45, 2.75) is 19.3 Å². The quantitative estimate of drug-likeness (QED) is 0.509. The van der Waals surface area contributed by atoms with Crippen LogP contribution >= 0.6 is 0 Å². The molecule has 12 heavy (non-hydrogen) atoms. The Labute approximate surface area is 73.0 Å². The summed E-state index contributed by atoms with van der Waals surface area (Å²) in [4.78, 5) is 4.70. The van der Waals surface area contributed by atoms with Crippen molar-refractivity contribution in [1.29, 1.82) is 0 Å².